The highest BCUT2D eigenvalue weighted by Crippen LogP contribution is 2.77. The van der Waals surface area contributed by atoms with Crippen molar-refractivity contribution < 1.29 is 28.7 Å². The van der Waals surface area contributed by atoms with Gasteiger partial charge in [-0.05, 0) is 75.0 Å². The quantitative estimate of drug-likeness (QED) is 0.399. The Hall–Kier alpha value is -2.65. The van der Waals surface area contributed by atoms with Crippen LogP contribution in [0.2, 0.25) is 0 Å². The van der Waals surface area contributed by atoms with Gasteiger partial charge in [-0.3, -0.25) is 19.2 Å². The van der Waals surface area contributed by atoms with Crippen molar-refractivity contribution in [1.29, 1.82) is 0 Å². The third-order valence-electron chi connectivity index (χ3n) is 9.45. The van der Waals surface area contributed by atoms with Gasteiger partial charge in [0, 0.05) is 6.54 Å². The van der Waals surface area contributed by atoms with Crippen LogP contribution >= 0.6 is 0 Å². The van der Waals surface area contributed by atoms with E-state index in [1.54, 1.807) is 25.7 Å². The Morgan fingerprint density at radius 1 is 0.974 bits per heavy atom. The number of primary amides is 1. The molecule has 4 rings (SSSR count). The number of ether oxygens (including phenoxy) is 1. The van der Waals surface area contributed by atoms with Crippen molar-refractivity contribution in [2.24, 2.45) is 27.9 Å². The molecule has 3 aliphatic carbocycles. The summed E-state index contributed by atoms with van der Waals surface area (Å²) >= 11 is 0. The van der Waals surface area contributed by atoms with Gasteiger partial charge in [0.1, 0.15) is 17.7 Å². The van der Waals surface area contributed by atoms with Crippen LogP contribution in [0.3, 0.4) is 0 Å². The van der Waals surface area contributed by atoms with E-state index in [1.807, 2.05) is 20.8 Å². The van der Waals surface area contributed by atoms with Gasteiger partial charge >= 0.3 is 6.09 Å². The highest BCUT2D eigenvalue weighted by Gasteiger charge is 2.73. The molecule has 1 heterocycles. The van der Waals surface area contributed by atoms with E-state index in [0.29, 0.717) is 19.4 Å². The van der Waals surface area contributed by atoms with Gasteiger partial charge in [-0.2, -0.15) is 0 Å². The number of Topliss-reactive ketones (excluding diaryl/α,β-unsaturated/α-hetero) is 1. The van der Waals surface area contributed by atoms with Gasteiger partial charge in [0.15, 0.2) is 0 Å². The molecule has 39 heavy (non-hydrogen) atoms. The largest absolute Gasteiger partial charge is 0.444 e. The molecule has 10 heteroatoms. The van der Waals surface area contributed by atoms with E-state index >= 15 is 0 Å². The summed E-state index contributed by atoms with van der Waals surface area (Å²) in [5.41, 5.74) is 3.96. The van der Waals surface area contributed by atoms with Gasteiger partial charge in [-0.25, -0.2) is 4.79 Å². The monoisotopic (exact) mass is 546 g/mol. The van der Waals surface area contributed by atoms with Crippen LogP contribution in [0.15, 0.2) is 0 Å². The maximum absolute atomic E-state index is 14.1. The fourth-order valence-corrected chi connectivity index (χ4v) is 6.85. The summed E-state index contributed by atoms with van der Waals surface area (Å²) in [4.78, 5) is 66.6. The number of likely N-dealkylation sites (tertiary alicyclic amines) is 1. The first-order valence-corrected chi connectivity index (χ1v) is 14.4. The van der Waals surface area contributed by atoms with Crippen molar-refractivity contribution in [3.8, 4) is 0 Å². The number of nitrogens with zero attached hydrogens (tertiary/aromatic N) is 1. The maximum Gasteiger partial charge on any atom is 0.408 e. The molecule has 3 saturated carbocycles. The Bertz CT molecular complexity index is 1040. The van der Waals surface area contributed by atoms with Crippen LogP contribution in [0.4, 0.5) is 4.79 Å². The molecule has 2 spiro atoms. The van der Waals surface area contributed by atoms with Crippen LogP contribution in [0, 0.1) is 22.2 Å². The van der Waals surface area contributed by atoms with Crippen molar-refractivity contribution >= 4 is 29.6 Å². The van der Waals surface area contributed by atoms with E-state index in [4.69, 9.17) is 10.5 Å². The molecule has 4 aliphatic rings. The minimum atomic E-state index is -1.07. The summed E-state index contributed by atoms with van der Waals surface area (Å²) in [5, 5.41) is 5.57. The number of hydrogen-bond acceptors (Lipinski definition) is 6. The lowest BCUT2D eigenvalue weighted by atomic mass is 9.74. The average Bonchev–Trinajstić information content (AvgIpc) is 3.25. The Labute approximate surface area is 231 Å². The lowest BCUT2D eigenvalue weighted by Gasteiger charge is -2.36. The van der Waals surface area contributed by atoms with Crippen molar-refractivity contribution in [1.82, 2.24) is 15.5 Å². The van der Waals surface area contributed by atoms with Gasteiger partial charge < -0.3 is 26.0 Å². The normalized spacial score (nSPS) is 27.2. The number of hydrogen-bond donors (Lipinski definition) is 3. The van der Waals surface area contributed by atoms with Gasteiger partial charge in [-0.1, -0.05) is 46.5 Å². The fraction of sp³-hybridized carbons (Fsp3) is 0.828. The van der Waals surface area contributed by atoms with E-state index in [-0.39, 0.29) is 22.7 Å². The van der Waals surface area contributed by atoms with Crippen LogP contribution in [0.1, 0.15) is 99.3 Å². The van der Waals surface area contributed by atoms with Crippen molar-refractivity contribution in [3.63, 3.8) is 0 Å². The third-order valence-corrected chi connectivity index (χ3v) is 9.45. The van der Waals surface area contributed by atoms with Crippen LogP contribution in [0.25, 0.3) is 0 Å². The van der Waals surface area contributed by atoms with Crippen molar-refractivity contribution in [3.05, 3.63) is 0 Å². The Morgan fingerprint density at radius 3 is 2.05 bits per heavy atom. The summed E-state index contributed by atoms with van der Waals surface area (Å²) in [6.07, 6.45) is 7.43. The molecular weight excluding hydrogens is 500 g/mol. The first kappa shape index (κ1) is 29.3. The number of fused-ring (bicyclic) bond motifs is 1. The maximum atomic E-state index is 14.1. The second-order valence-electron chi connectivity index (χ2n) is 14.5. The van der Waals surface area contributed by atoms with E-state index in [0.717, 1.165) is 44.9 Å². The van der Waals surface area contributed by atoms with Crippen LogP contribution in [-0.4, -0.2) is 64.8 Å². The molecular formula is C29H46N4O6. The standard InChI is InChI=1S/C29H46N4O6/c1-26(2,3)21(32-25(38)39-27(4,5)6)24(37)33-16-29(15-28(29)11-8-12-28)14-19(33)23(36)31-18(20(34)22(30)35)13-17-9-7-10-17/h17-19,21H,7-16H2,1-6H3,(H2,30,35)(H,31,36)(H,32,38)/t18?,19-,21+,29+/m0/s1. The molecule has 0 aromatic heterocycles. The number of rotatable bonds is 8. The second-order valence-corrected chi connectivity index (χ2v) is 14.5. The Kier molecular flexibility index (Phi) is 7.58. The minimum absolute atomic E-state index is 0.131. The highest BCUT2D eigenvalue weighted by molar-refractivity contribution is 6.37. The van der Waals surface area contributed by atoms with Crippen molar-refractivity contribution in [2.45, 2.75) is 123 Å². The minimum Gasteiger partial charge on any atom is -0.444 e. The van der Waals surface area contributed by atoms with Gasteiger partial charge in [0.25, 0.3) is 5.91 Å². The molecule has 1 unspecified atom stereocenters. The van der Waals surface area contributed by atoms with Crippen LogP contribution in [-0.2, 0) is 23.9 Å². The number of alkyl carbamates (subject to hydrolysis) is 1. The number of carbonyl (C=O) groups is 5. The molecule has 1 saturated heterocycles. The molecule has 0 bridgehead atoms. The molecule has 4 fully saturated rings. The lowest BCUT2D eigenvalue weighted by molar-refractivity contribution is -0.143. The van der Waals surface area contributed by atoms with Gasteiger partial charge in [-0.15, -0.1) is 0 Å². The molecule has 4 atom stereocenters. The molecule has 4 amide bonds. The predicted molar refractivity (Wildman–Crippen MR) is 144 cm³/mol. The lowest BCUT2D eigenvalue weighted by Crippen LogP contribution is -2.59. The number of carbonyl (C=O) groups excluding carboxylic acids is 5. The summed E-state index contributed by atoms with van der Waals surface area (Å²) in [6.45, 7) is 11.3. The SMILES string of the molecule is CC(C)(C)OC(=O)N[C@H](C(=O)N1C[C@@]2(C[C@H]1C(=O)NC(CC1CCC1)C(=O)C(N)=O)CC21CCC1)C(C)(C)C. The van der Waals surface area contributed by atoms with Gasteiger partial charge in [0.05, 0.1) is 6.04 Å². The topological polar surface area (TPSA) is 148 Å². The first-order valence-electron chi connectivity index (χ1n) is 14.4. The number of nitrogens with one attached hydrogen (secondary N) is 2. The molecule has 0 radical (unpaired) electrons. The van der Waals surface area contributed by atoms with Crippen molar-refractivity contribution in [2.75, 3.05) is 6.54 Å². The van der Waals surface area contributed by atoms with Crippen LogP contribution in [0.5, 0.6) is 0 Å². The number of amides is 4. The summed E-state index contributed by atoms with van der Waals surface area (Å²) in [7, 11) is 0. The Morgan fingerprint density at radius 2 is 1.62 bits per heavy atom. The fourth-order valence-electron chi connectivity index (χ4n) is 6.85. The summed E-state index contributed by atoms with van der Waals surface area (Å²) in [6, 6.07) is -2.72. The zero-order chi connectivity index (χ0) is 29.0. The van der Waals surface area contributed by atoms with E-state index in [2.05, 4.69) is 10.6 Å². The zero-order valence-corrected chi connectivity index (χ0v) is 24.4. The first-order chi connectivity index (χ1) is 18.0. The number of nitrogens with two attached hydrogens (primary N) is 1. The number of ketones is 1. The third kappa shape index (κ3) is 5.94. The molecule has 4 N–H and O–H groups in total. The second kappa shape index (κ2) is 10.1. The molecule has 0 aromatic rings. The smallest absolute Gasteiger partial charge is 0.408 e. The highest BCUT2D eigenvalue weighted by atomic mass is 16.6. The zero-order valence-electron chi connectivity index (χ0n) is 24.4. The van der Waals surface area contributed by atoms with Gasteiger partial charge in [0.2, 0.25) is 17.6 Å². The average molecular weight is 547 g/mol. The molecule has 10 nitrogen and oxygen atoms in total. The predicted octanol–water partition coefficient (Wildman–Crippen LogP) is 2.82. The van der Waals surface area contributed by atoms with Crippen LogP contribution < -0.4 is 16.4 Å². The molecule has 0 aromatic carbocycles. The van der Waals surface area contributed by atoms with E-state index < -0.39 is 52.8 Å². The van der Waals surface area contributed by atoms with E-state index in [1.165, 1.54) is 0 Å². The summed E-state index contributed by atoms with van der Waals surface area (Å²) < 4.78 is 5.44. The molecule has 218 valence electrons. The van der Waals surface area contributed by atoms with E-state index in [9.17, 15) is 24.0 Å². The molecule has 1 aliphatic heterocycles. The summed E-state index contributed by atoms with van der Waals surface area (Å²) in [5.74, 6) is -2.40. The Balaban J connectivity index is 1.57.